The number of nitrogens with zero attached hydrogens (tertiary/aromatic N) is 4. The van der Waals surface area contributed by atoms with Gasteiger partial charge in [-0.05, 0) is 26.0 Å². The molecule has 0 aliphatic rings. The molecule has 0 saturated heterocycles. The van der Waals surface area contributed by atoms with Crippen molar-refractivity contribution < 1.29 is 4.79 Å². The molecule has 0 fully saturated rings. The lowest BCUT2D eigenvalue weighted by molar-refractivity contribution is -0.114. The van der Waals surface area contributed by atoms with E-state index >= 15 is 0 Å². The normalized spacial score (nSPS) is 10.6. The Balaban J connectivity index is 2.30. The molecule has 18 heavy (non-hydrogen) atoms. The molecule has 0 amide bonds. The van der Waals surface area contributed by atoms with Gasteiger partial charge in [-0.15, -0.1) is 10.2 Å². The summed E-state index contributed by atoms with van der Waals surface area (Å²) >= 11 is 1.42. The first-order valence-electron chi connectivity index (χ1n) is 5.68. The van der Waals surface area contributed by atoms with Crippen molar-refractivity contribution in [2.45, 2.75) is 25.5 Å². The number of aromatic nitrogens is 4. The molecule has 0 saturated carbocycles. The van der Waals surface area contributed by atoms with Crippen LogP contribution in [0.15, 0.2) is 29.7 Å². The van der Waals surface area contributed by atoms with Crippen LogP contribution in [0.1, 0.15) is 13.8 Å². The highest BCUT2D eigenvalue weighted by molar-refractivity contribution is 7.99. The molecule has 0 spiro atoms. The maximum atomic E-state index is 11.0. The zero-order valence-electron chi connectivity index (χ0n) is 10.3. The first-order chi connectivity index (χ1) is 8.72. The van der Waals surface area contributed by atoms with Crippen LogP contribution in [0, 0.1) is 0 Å². The Morgan fingerprint density at radius 1 is 1.33 bits per heavy atom. The third-order valence-corrected chi connectivity index (χ3v) is 3.49. The van der Waals surface area contributed by atoms with Gasteiger partial charge in [-0.3, -0.25) is 9.78 Å². The molecule has 0 aromatic carbocycles. The Hall–Kier alpha value is -1.69. The second-order valence-corrected chi connectivity index (χ2v) is 4.72. The SMILES string of the molecule is CCn1c(SCC(C)=O)nnc1-c1ccncc1. The second kappa shape index (κ2) is 5.77. The third kappa shape index (κ3) is 2.76. The van der Waals surface area contributed by atoms with Crippen LogP contribution in [0.3, 0.4) is 0 Å². The number of thioether (sulfide) groups is 1. The monoisotopic (exact) mass is 262 g/mol. The zero-order chi connectivity index (χ0) is 13.0. The number of rotatable bonds is 5. The van der Waals surface area contributed by atoms with Crippen LogP contribution in [-0.2, 0) is 11.3 Å². The topological polar surface area (TPSA) is 60.7 Å². The molecule has 0 atom stereocenters. The van der Waals surface area contributed by atoms with Gasteiger partial charge in [-0.2, -0.15) is 0 Å². The number of Topliss-reactive ketones (excluding diaryl/α,β-unsaturated/α-hetero) is 1. The van der Waals surface area contributed by atoms with E-state index in [9.17, 15) is 4.79 Å². The van der Waals surface area contributed by atoms with Crippen molar-refractivity contribution in [1.29, 1.82) is 0 Å². The Labute approximate surface area is 110 Å². The van der Waals surface area contributed by atoms with Gasteiger partial charge >= 0.3 is 0 Å². The first kappa shape index (κ1) is 12.8. The highest BCUT2D eigenvalue weighted by Crippen LogP contribution is 2.23. The van der Waals surface area contributed by atoms with E-state index < -0.39 is 0 Å². The smallest absolute Gasteiger partial charge is 0.191 e. The van der Waals surface area contributed by atoms with E-state index in [0.717, 1.165) is 23.1 Å². The van der Waals surface area contributed by atoms with Gasteiger partial charge in [0.2, 0.25) is 0 Å². The molecule has 0 unspecified atom stereocenters. The Morgan fingerprint density at radius 2 is 2.06 bits per heavy atom. The molecule has 6 heteroatoms. The van der Waals surface area contributed by atoms with Crippen molar-refractivity contribution in [3.63, 3.8) is 0 Å². The van der Waals surface area contributed by atoms with Crippen molar-refractivity contribution in [2.75, 3.05) is 5.75 Å². The minimum atomic E-state index is 0.135. The largest absolute Gasteiger partial charge is 0.302 e. The van der Waals surface area contributed by atoms with E-state index in [4.69, 9.17) is 0 Å². The third-order valence-electron chi connectivity index (χ3n) is 2.38. The van der Waals surface area contributed by atoms with E-state index in [1.54, 1.807) is 19.3 Å². The van der Waals surface area contributed by atoms with Gasteiger partial charge in [0.05, 0.1) is 5.75 Å². The predicted octanol–water partition coefficient (Wildman–Crippen LogP) is 2.04. The molecular formula is C12H14N4OS. The molecule has 2 aromatic heterocycles. The van der Waals surface area contributed by atoms with Crippen LogP contribution < -0.4 is 0 Å². The van der Waals surface area contributed by atoms with Crippen molar-refractivity contribution >= 4 is 17.5 Å². The first-order valence-corrected chi connectivity index (χ1v) is 6.66. The molecule has 0 radical (unpaired) electrons. The van der Waals surface area contributed by atoms with Gasteiger partial charge in [-0.1, -0.05) is 11.8 Å². The van der Waals surface area contributed by atoms with Gasteiger partial charge < -0.3 is 4.57 Å². The lowest BCUT2D eigenvalue weighted by atomic mass is 10.2. The lowest BCUT2D eigenvalue weighted by Gasteiger charge is -2.06. The fourth-order valence-electron chi connectivity index (χ4n) is 1.56. The van der Waals surface area contributed by atoms with Crippen molar-refractivity contribution in [2.24, 2.45) is 0 Å². The van der Waals surface area contributed by atoms with Crippen LogP contribution in [0.25, 0.3) is 11.4 Å². The number of carbonyl (C=O) groups is 1. The van der Waals surface area contributed by atoms with E-state index in [1.807, 2.05) is 23.6 Å². The van der Waals surface area contributed by atoms with Gasteiger partial charge in [0.25, 0.3) is 0 Å². The standard InChI is InChI=1S/C12H14N4OS/c1-3-16-11(10-4-6-13-7-5-10)14-15-12(16)18-8-9(2)17/h4-7H,3,8H2,1-2H3. The minimum absolute atomic E-state index is 0.135. The molecule has 0 bridgehead atoms. The summed E-state index contributed by atoms with van der Waals surface area (Å²) in [6, 6.07) is 3.80. The molecule has 0 aliphatic heterocycles. The Kier molecular flexibility index (Phi) is 4.09. The van der Waals surface area contributed by atoms with Gasteiger partial charge in [0, 0.05) is 24.5 Å². The van der Waals surface area contributed by atoms with E-state index in [1.165, 1.54) is 11.8 Å². The predicted molar refractivity (Wildman–Crippen MR) is 70.3 cm³/mol. The fraction of sp³-hybridized carbons (Fsp3) is 0.333. The van der Waals surface area contributed by atoms with Crippen molar-refractivity contribution in [3.8, 4) is 11.4 Å². The number of pyridine rings is 1. The maximum Gasteiger partial charge on any atom is 0.191 e. The summed E-state index contributed by atoms with van der Waals surface area (Å²) in [4.78, 5) is 15.0. The summed E-state index contributed by atoms with van der Waals surface area (Å²) in [6.07, 6.45) is 3.46. The summed E-state index contributed by atoms with van der Waals surface area (Å²) in [5.74, 6) is 1.37. The van der Waals surface area contributed by atoms with Crippen molar-refractivity contribution in [3.05, 3.63) is 24.5 Å². The summed E-state index contributed by atoms with van der Waals surface area (Å²) in [5.41, 5.74) is 0.981. The molecule has 94 valence electrons. The average Bonchev–Trinajstić information content (AvgIpc) is 2.80. The Bertz CT molecular complexity index is 538. The van der Waals surface area contributed by atoms with E-state index in [0.29, 0.717) is 5.75 Å². The maximum absolute atomic E-state index is 11.0. The van der Waals surface area contributed by atoms with Gasteiger partial charge in [0.1, 0.15) is 5.78 Å². The molecular weight excluding hydrogens is 248 g/mol. The zero-order valence-corrected chi connectivity index (χ0v) is 11.1. The number of ketones is 1. The van der Waals surface area contributed by atoms with Crippen molar-refractivity contribution in [1.82, 2.24) is 19.7 Å². The molecule has 0 aliphatic carbocycles. The minimum Gasteiger partial charge on any atom is -0.302 e. The molecule has 2 heterocycles. The highest BCUT2D eigenvalue weighted by atomic mass is 32.2. The summed E-state index contributed by atoms with van der Waals surface area (Å²) in [5, 5.41) is 9.10. The van der Waals surface area contributed by atoms with Gasteiger partial charge in [-0.25, -0.2) is 0 Å². The summed E-state index contributed by atoms with van der Waals surface area (Å²) in [6.45, 7) is 4.38. The van der Waals surface area contributed by atoms with E-state index in [2.05, 4.69) is 15.2 Å². The van der Waals surface area contributed by atoms with E-state index in [-0.39, 0.29) is 5.78 Å². The highest BCUT2D eigenvalue weighted by Gasteiger charge is 2.13. The van der Waals surface area contributed by atoms with Gasteiger partial charge in [0.15, 0.2) is 11.0 Å². The quantitative estimate of drug-likeness (QED) is 0.772. The average molecular weight is 262 g/mol. The number of hydrogen-bond acceptors (Lipinski definition) is 5. The molecule has 0 N–H and O–H groups in total. The summed E-state index contributed by atoms with van der Waals surface area (Å²) in [7, 11) is 0. The second-order valence-electron chi connectivity index (χ2n) is 3.78. The number of hydrogen-bond donors (Lipinski definition) is 0. The molecule has 2 aromatic rings. The fourth-order valence-corrected chi connectivity index (χ4v) is 2.36. The van der Waals surface area contributed by atoms with Crippen LogP contribution in [0.5, 0.6) is 0 Å². The number of carbonyl (C=O) groups excluding carboxylic acids is 1. The van der Waals surface area contributed by atoms with Crippen LogP contribution >= 0.6 is 11.8 Å². The summed E-state index contributed by atoms with van der Waals surface area (Å²) < 4.78 is 2.00. The van der Waals surface area contributed by atoms with Crippen LogP contribution in [0.4, 0.5) is 0 Å². The molecule has 5 nitrogen and oxygen atoms in total. The lowest BCUT2D eigenvalue weighted by Crippen LogP contribution is -2.02. The van der Waals surface area contributed by atoms with Crippen LogP contribution in [-0.4, -0.2) is 31.3 Å². The Morgan fingerprint density at radius 3 is 2.67 bits per heavy atom. The molecule has 2 rings (SSSR count). The van der Waals surface area contributed by atoms with Crippen LogP contribution in [0.2, 0.25) is 0 Å².